The van der Waals surface area contributed by atoms with E-state index in [-0.39, 0.29) is 24.2 Å². The molecular formula is C15H21N3O4. The second-order valence-electron chi connectivity index (χ2n) is 5.62. The SMILES string of the molecule is CC(N)C1CCN(C(=O)COc2cccc([N+](=O)[O-])c2)CC1. The summed E-state index contributed by atoms with van der Waals surface area (Å²) in [6.07, 6.45) is 1.81. The first-order valence-electron chi connectivity index (χ1n) is 7.38. The van der Waals surface area contributed by atoms with Crippen LogP contribution in [0.2, 0.25) is 0 Å². The molecule has 2 rings (SSSR count). The van der Waals surface area contributed by atoms with Gasteiger partial charge in [0.05, 0.1) is 11.0 Å². The quantitative estimate of drug-likeness (QED) is 0.657. The Balaban J connectivity index is 1.83. The maximum Gasteiger partial charge on any atom is 0.273 e. The topological polar surface area (TPSA) is 98.7 Å². The Morgan fingerprint density at radius 2 is 2.18 bits per heavy atom. The highest BCUT2D eigenvalue weighted by molar-refractivity contribution is 5.77. The van der Waals surface area contributed by atoms with Crippen LogP contribution in [0.4, 0.5) is 5.69 Å². The predicted molar refractivity (Wildman–Crippen MR) is 81.5 cm³/mol. The molecule has 1 heterocycles. The monoisotopic (exact) mass is 307 g/mol. The van der Waals surface area contributed by atoms with Crippen molar-refractivity contribution in [3.05, 3.63) is 34.4 Å². The third-order valence-corrected chi connectivity index (χ3v) is 4.03. The lowest BCUT2D eigenvalue weighted by Gasteiger charge is -2.33. The number of ether oxygens (including phenoxy) is 1. The number of rotatable bonds is 5. The lowest BCUT2D eigenvalue weighted by atomic mass is 9.91. The molecule has 7 nitrogen and oxygen atoms in total. The zero-order chi connectivity index (χ0) is 16.1. The Labute approximate surface area is 129 Å². The molecule has 1 saturated heterocycles. The van der Waals surface area contributed by atoms with Gasteiger partial charge in [-0.3, -0.25) is 14.9 Å². The normalized spacial score (nSPS) is 17.1. The van der Waals surface area contributed by atoms with Gasteiger partial charge >= 0.3 is 0 Å². The molecule has 1 atom stereocenters. The lowest BCUT2D eigenvalue weighted by molar-refractivity contribution is -0.384. The van der Waals surface area contributed by atoms with Gasteiger partial charge in [-0.05, 0) is 31.7 Å². The summed E-state index contributed by atoms with van der Waals surface area (Å²) < 4.78 is 5.37. The third-order valence-electron chi connectivity index (χ3n) is 4.03. The Morgan fingerprint density at radius 3 is 2.77 bits per heavy atom. The second kappa shape index (κ2) is 7.22. The number of non-ortho nitro benzene ring substituents is 1. The van der Waals surface area contributed by atoms with Gasteiger partial charge in [0.2, 0.25) is 0 Å². The maximum absolute atomic E-state index is 12.1. The van der Waals surface area contributed by atoms with Gasteiger partial charge in [-0.25, -0.2) is 0 Å². The second-order valence-corrected chi connectivity index (χ2v) is 5.62. The summed E-state index contributed by atoms with van der Waals surface area (Å²) in [5.41, 5.74) is 5.83. The zero-order valence-corrected chi connectivity index (χ0v) is 12.6. The van der Waals surface area contributed by atoms with Crippen LogP contribution in [0.15, 0.2) is 24.3 Å². The van der Waals surface area contributed by atoms with E-state index < -0.39 is 4.92 Å². The van der Waals surface area contributed by atoms with Gasteiger partial charge in [0.25, 0.3) is 11.6 Å². The molecule has 0 bridgehead atoms. The summed E-state index contributed by atoms with van der Waals surface area (Å²) in [6.45, 7) is 3.25. The first-order chi connectivity index (χ1) is 10.5. The van der Waals surface area contributed by atoms with E-state index >= 15 is 0 Å². The van der Waals surface area contributed by atoms with Crippen molar-refractivity contribution in [2.75, 3.05) is 19.7 Å². The summed E-state index contributed by atoms with van der Waals surface area (Å²) >= 11 is 0. The summed E-state index contributed by atoms with van der Waals surface area (Å²) in [7, 11) is 0. The molecule has 0 saturated carbocycles. The molecule has 0 spiro atoms. The van der Waals surface area contributed by atoms with Gasteiger partial charge in [-0.15, -0.1) is 0 Å². The van der Waals surface area contributed by atoms with Crippen molar-refractivity contribution in [2.24, 2.45) is 11.7 Å². The number of likely N-dealkylation sites (tertiary alicyclic amines) is 1. The Hall–Kier alpha value is -2.15. The van der Waals surface area contributed by atoms with Crippen molar-refractivity contribution in [2.45, 2.75) is 25.8 Å². The van der Waals surface area contributed by atoms with Crippen LogP contribution in [0.1, 0.15) is 19.8 Å². The van der Waals surface area contributed by atoms with Gasteiger partial charge in [-0.2, -0.15) is 0 Å². The molecule has 1 aromatic rings. The fourth-order valence-electron chi connectivity index (χ4n) is 2.60. The molecule has 2 N–H and O–H groups in total. The van der Waals surface area contributed by atoms with Crippen molar-refractivity contribution in [3.63, 3.8) is 0 Å². The fraction of sp³-hybridized carbons (Fsp3) is 0.533. The van der Waals surface area contributed by atoms with E-state index in [0.717, 1.165) is 12.8 Å². The first kappa shape index (κ1) is 16.2. The number of hydrogen-bond acceptors (Lipinski definition) is 5. The molecule has 1 fully saturated rings. The van der Waals surface area contributed by atoms with Crippen molar-refractivity contribution in [1.82, 2.24) is 4.90 Å². The number of amides is 1. The largest absolute Gasteiger partial charge is 0.484 e. The minimum Gasteiger partial charge on any atom is -0.484 e. The van der Waals surface area contributed by atoms with Gasteiger partial charge in [0, 0.05) is 25.2 Å². The van der Waals surface area contributed by atoms with E-state index in [9.17, 15) is 14.9 Å². The molecule has 22 heavy (non-hydrogen) atoms. The molecular weight excluding hydrogens is 286 g/mol. The molecule has 1 aliphatic heterocycles. The highest BCUT2D eigenvalue weighted by atomic mass is 16.6. The van der Waals surface area contributed by atoms with Crippen LogP contribution in [-0.2, 0) is 4.79 Å². The Morgan fingerprint density at radius 1 is 1.50 bits per heavy atom. The molecule has 1 unspecified atom stereocenters. The van der Waals surface area contributed by atoms with Crippen LogP contribution < -0.4 is 10.5 Å². The Bertz CT molecular complexity index is 539. The number of carbonyl (C=O) groups is 1. The van der Waals surface area contributed by atoms with E-state index in [2.05, 4.69) is 0 Å². The number of carbonyl (C=O) groups excluding carboxylic acids is 1. The van der Waals surface area contributed by atoms with Crippen molar-refractivity contribution < 1.29 is 14.5 Å². The Kier molecular flexibility index (Phi) is 5.32. The molecule has 7 heteroatoms. The standard InChI is InChI=1S/C15H21N3O4/c1-11(16)12-5-7-17(8-6-12)15(19)10-22-14-4-2-3-13(9-14)18(20)21/h2-4,9,11-12H,5-8,10,16H2,1H3. The minimum atomic E-state index is -0.493. The van der Waals surface area contributed by atoms with Crippen LogP contribution in [0.3, 0.4) is 0 Å². The molecule has 1 aliphatic rings. The van der Waals surface area contributed by atoms with Gasteiger partial charge in [-0.1, -0.05) is 6.07 Å². The van der Waals surface area contributed by atoms with E-state index in [1.54, 1.807) is 11.0 Å². The zero-order valence-electron chi connectivity index (χ0n) is 12.6. The third kappa shape index (κ3) is 4.17. The number of nitro benzene ring substituents is 1. The number of nitro groups is 1. The molecule has 0 aromatic heterocycles. The summed E-state index contributed by atoms with van der Waals surface area (Å²) in [5, 5.41) is 10.7. The van der Waals surface area contributed by atoms with Crippen molar-refractivity contribution in [1.29, 1.82) is 0 Å². The predicted octanol–water partition coefficient (Wildman–Crippen LogP) is 1.56. The minimum absolute atomic E-state index is 0.0531. The molecule has 120 valence electrons. The number of nitrogens with zero attached hydrogens (tertiary/aromatic N) is 2. The van der Waals surface area contributed by atoms with E-state index in [1.165, 1.54) is 18.2 Å². The lowest BCUT2D eigenvalue weighted by Crippen LogP contribution is -2.44. The molecule has 1 amide bonds. The number of hydrogen-bond donors (Lipinski definition) is 1. The van der Waals surface area contributed by atoms with Gasteiger partial charge < -0.3 is 15.4 Å². The van der Waals surface area contributed by atoms with E-state index in [1.807, 2.05) is 6.92 Å². The molecule has 1 aromatic carbocycles. The molecule has 0 radical (unpaired) electrons. The highest BCUT2D eigenvalue weighted by Crippen LogP contribution is 2.21. The van der Waals surface area contributed by atoms with Crippen molar-refractivity contribution >= 4 is 11.6 Å². The summed E-state index contributed by atoms with van der Waals surface area (Å²) in [6, 6.07) is 5.98. The van der Waals surface area contributed by atoms with Crippen LogP contribution in [0.25, 0.3) is 0 Å². The maximum atomic E-state index is 12.1. The van der Waals surface area contributed by atoms with Gasteiger partial charge in [0.15, 0.2) is 6.61 Å². The van der Waals surface area contributed by atoms with Crippen LogP contribution in [0.5, 0.6) is 5.75 Å². The molecule has 0 aliphatic carbocycles. The van der Waals surface area contributed by atoms with Crippen molar-refractivity contribution in [3.8, 4) is 5.75 Å². The van der Waals surface area contributed by atoms with E-state index in [4.69, 9.17) is 10.5 Å². The van der Waals surface area contributed by atoms with Gasteiger partial charge in [0.1, 0.15) is 5.75 Å². The fourth-order valence-corrected chi connectivity index (χ4v) is 2.60. The summed E-state index contributed by atoms with van der Waals surface area (Å²) in [4.78, 5) is 24.1. The number of piperidine rings is 1. The van der Waals surface area contributed by atoms with Crippen LogP contribution in [-0.4, -0.2) is 41.5 Å². The average molecular weight is 307 g/mol. The van der Waals surface area contributed by atoms with E-state index in [0.29, 0.717) is 24.8 Å². The average Bonchev–Trinajstić information content (AvgIpc) is 2.53. The smallest absolute Gasteiger partial charge is 0.273 e. The van der Waals surface area contributed by atoms with Crippen LogP contribution in [0, 0.1) is 16.0 Å². The number of benzene rings is 1. The van der Waals surface area contributed by atoms with Crippen LogP contribution >= 0.6 is 0 Å². The number of nitrogens with two attached hydrogens (primary N) is 1. The summed E-state index contributed by atoms with van der Waals surface area (Å²) in [5.74, 6) is 0.685. The highest BCUT2D eigenvalue weighted by Gasteiger charge is 2.24. The first-order valence-corrected chi connectivity index (χ1v) is 7.38.